The fraction of sp³-hybridized carbons (Fsp3) is 0.325. The fourth-order valence-corrected chi connectivity index (χ4v) is 7.29. The largest absolute Gasteiger partial charge is 1.00 e. The Hall–Kier alpha value is -3.58. The molecule has 1 heterocycles. The Morgan fingerprint density at radius 1 is 0.809 bits per heavy atom. The van der Waals surface area contributed by atoms with E-state index in [9.17, 15) is 4.79 Å². The molecule has 47 heavy (non-hydrogen) atoms. The molecule has 0 N–H and O–H groups in total. The van der Waals surface area contributed by atoms with E-state index in [0.717, 1.165) is 76.2 Å². The van der Waals surface area contributed by atoms with Gasteiger partial charge in [0.1, 0.15) is 6.54 Å². The molecule has 0 unspecified atom stereocenters. The number of unbranched alkanes of at least 4 members (excludes halogenated alkanes) is 1. The zero-order chi connectivity index (χ0) is 32.3. The van der Waals surface area contributed by atoms with Gasteiger partial charge < -0.3 is 35.8 Å². The first-order valence-electron chi connectivity index (χ1n) is 16.5. The van der Waals surface area contributed by atoms with E-state index in [-0.39, 0.29) is 29.7 Å². The number of aryl methyl sites for hydroxylation is 2. The summed E-state index contributed by atoms with van der Waals surface area (Å²) in [6.07, 6.45) is 1.91. The van der Waals surface area contributed by atoms with Crippen LogP contribution in [0.2, 0.25) is 5.02 Å². The van der Waals surface area contributed by atoms with Crippen LogP contribution in [-0.4, -0.2) is 48.3 Å². The van der Waals surface area contributed by atoms with Crippen LogP contribution in [0.15, 0.2) is 84.9 Å². The van der Waals surface area contributed by atoms with E-state index in [1.165, 1.54) is 16.7 Å². The number of ether oxygens (including phenoxy) is 2. The Kier molecular flexibility index (Phi) is 11.2. The predicted molar refractivity (Wildman–Crippen MR) is 189 cm³/mol. The molecule has 246 valence electrons. The van der Waals surface area contributed by atoms with Gasteiger partial charge in [-0.05, 0) is 79.8 Å². The number of nitrogens with zero attached hydrogens (tertiary/aromatic N) is 2. The minimum absolute atomic E-state index is 0. The van der Waals surface area contributed by atoms with Crippen LogP contribution in [0.1, 0.15) is 59.3 Å². The highest BCUT2D eigenvalue weighted by Crippen LogP contribution is 2.38. The maximum atomic E-state index is 14.8. The topological polar surface area (TPSA) is 38.8 Å². The van der Waals surface area contributed by atoms with Gasteiger partial charge >= 0.3 is 0 Å². The predicted octanol–water partition coefficient (Wildman–Crippen LogP) is 6.48. The Morgan fingerprint density at radius 3 is 2.02 bits per heavy atom. The monoisotopic (exact) mass is 714 g/mol. The van der Waals surface area contributed by atoms with Gasteiger partial charge in [0, 0.05) is 29.7 Å². The smallest absolute Gasteiger partial charge is 0.255 e. The summed E-state index contributed by atoms with van der Waals surface area (Å²) in [7, 11) is 0. The lowest BCUT2D eigenvalue weighted by molar-refractivity contribution is -0.938. The third-order valence-electron chi connectivity index (χ3n) is 9.63. The minimum atomic E-state index is 0. The van der Waals surface area contributed by atoms with Crippen LogP contribution in [-0.2, 0) is 13.1 Å². The number of halogens is 2. The molecule has 5 aromatic carbocycles. The second kappa shape index (κ2) is 15.1. The maximum Gasteiger partial charge on any atom is 0.255 e. The van der Waals surface area contributed by atoms with Crippen LogP contribution in [0.3, 0.4) is 0 Å². The van der Waals surface area contributed by atoms with Gasteiger partial charge in [-0.15, -0.1) is 0 Å². The van der Waals surface area contributed by atoms with E-state index in [0.29, 0.717) is 29.6 Å². The summed E-state index contributed by atoms with van der Waals surface area (Å²) in [5.74, 6) is 1.33. The average molecular weight is 716 g/mol. The number of hydrogen-bond donors (Lipinski definition) is 0. The quantitative estimate of drug-likeness (QED) is 0.0845. The molecule has 0 aliphatic carbocycles. The van der Waals surface area contributed by atoms with E-state index in [4.69, 9.17) is 21.1 Å². The summed E-state index contributed by atoms with van der Waals surface area (Å²) < 4.78 is 12.3. The molecular formula is C40H44BrClN2O3. The zero-order valence-corrected chi connectivity index (χ0v) is 30.2. The molecule has 0 aromatic heterocycles. The lowest BCUT2D eigenvalue weighted by Crippen LogP contribution is -3.00. The summed E-state index contributed by atoms with van der Waals surface area (Å²) >= 11 is 6.77. The SMILES string of the molecule is CC[N+](CC)(CCCCN(Cc1cc2c(cc1Cl)OCO2)C(=O)c1c2ccccc2cc2ccccc12)Cc1cc(C)cc(C)c1.[Br-]. The summed E-state index contributed by atoms with van der Waals surface area (Å²) in [4.78, 5) is 16.7. The van der Waals surface area contributed by atoms with Crippen molar-refractivity contribution in [2.75, 3.05) is 33.0 Å². The number of carbonyl (C=O) groups excluding carboxylic acids is 1. The highest BCUT2D eigenvalue weighted by molar-refractivity contribution is 6.31. The molecule has 0 radical (unpaired) electrons. The first kappa shape index (κ1) is 34.7. The molecule has 6 rings (SSSR count). The Bertz CT molecular complexity index is 1810. The molecule has 0 saturated heterocycles. The van der Waals surface area contributed by atoms with Crippen LogP contribution in [0.4, 0.5) is 0 Å². The fourth-order valence-electron chi connectivity index (χ4n) is 7.08. The summed E-state index contributed by atoms with van der Waals surface area (Å²) in [6, 6.07) is 29.2. The van der Waals surface area contributed by atoms with Gasteiger partial charge in [0.15, 0.2) is 11.5 Å². The first-order valence-corrected chi connectivity index (χ1v) is 16.9. The Balaban J connectivity index is 0.00000433. The second-order valence-electron chi connectivity index (χ2n) is 12.8. The van der Waals surface area contributed by atoms with E-state index in [2.05, 4.69) is 76.2 Å². The first-order chi connectivity index (χ1) is 22.3. The number of fused-ring (bicyclic) bond motifs is 3. The van der Waals surface area contributed by atoms with Crippen molar-refractivity contribution in [2.24, 2.45) is 0 Å². The lowest BCUT2D eigenvalue weighted by atomic mass is 9.95. The van der Waals surface area contributed by atoms with Gasteiger partial charge in [-0.1, -0.05) is 89.5 Å². The lowest BCUT2D eigenvalue weighted by Gasteiger charge is -2.37. The van der Waals surface area contributed by atoms with Crippen LogP contribution >= 0.6 is 11.6 Å². The van der Waals surface area contributed by atoms with Crippen LogP contribution in [0, 0.1) is 13.8 Å². The molecule has 0 fully saturated rings. The molecule has 0 bridgehead atoms. The van der Waals surface area contributed by atoms with Gasteiger partial charge in [0.05, 0.1) is 25.2 Å². The zero-order valence-electron chi connectivity index (χ0n) is 27.8. The van der Waals surface area contributed by atoms with Gasteiger partial charge in [-0.2, -0.15) is 0 Å². The van der Waals surface area contributed by atoms with E-state index < -0.39 is 0 Å². The van der Waals surface area contributed by atoms with E-state index in [1.54, 1.807) is 6.07 Å². The standard InChI is InChI=1S/C40H44ClN2O3.BrH/c1-5-43(6-2,26-30-20-28(3)19-29(4)21-30)18-12-11-17-42(25-33-23-37-38(24-36(33)41)46-27-45-37)40(44)39-34-15-9-7-13-31(34)22-32-14-8-10-16-35(32)39;/h7-10,13-16,19-24H,5-6,11-12,17-18,25-27H2,1-4H3;1H/q+1;/p-1. The van der Waals surface area contributed by atoms with Crippen LogP contribution in [0.25, 0.3) is 21.5 Å². The normalized spacial score (nSPS) is 12.4. The molecule has 5 nitrogen and oxygen atoms in total. The van der Waals surface area contributed by atoms with Crippen LogP contribution in [0.5, 0.6) is 11.5 Å². The van der Waals surface area contributed by atoms with Crippen molar-refractivity contribution in [3.05, 3.63) is 118 Å². The van der Waals surface area contributed by atoms with Gasteiger partial charge in [0.25, 0.3) is 5.91 Å². The Labute approximate surface area is 294 Å². The van der Waals surface area contributed by atoms with E-state index >= 15 is 0 Å². The molecule has 7 heteroatoms. The summed E-state index contributed by atoms with van der Waals surface area (Å²) in [5.41, 5.74) is 5.63. The molecular weight excluding hydrogens is 672 g/mol. The number of quaternary nitrogens is 1. The van der Waals surface area contributed by atoms with Crippen molar-refractivity contribution in [1.82, 2.24) is 4.90 Å². The van der Waals surface area contributed by atoms with Crippen molar-refractivity contribution in [3.63, 3.8) is 0 Å². The van der Waals surface area contributed by atoms with Gasteiger partial charge in [-0.25, -0.2) is 0 Å². The molecule has 1 aliphatic rings. The van der Waals surface area contributed by atoms with E-state index in [1.807, 2.05) is 35.2 Å². The van der Waals surface area contributed by atoms with Crippen molar-refractivity contribution < 1.29 is 35.7 Å². The van der Waals surface area contributed by atoms with Gasteiger partial charge in [0.2, 0.25) is 6.79 Å². The van der Waals surface area contributed by atoms with Crippen molar-refractivity contribution in [2.45, 2.75) is 53.6 Å². The molecule has 0 saturated carbocycles. The van der Waals surface area contributed by atoms with Crippen molar-refractivity contribution >= 4 is 39.1 Å². The number of carbonyl (C=O) groups is 1. The average Bonchev–Trinajstić information content (AvgIpc) is 3.50. The number of hydrogen-bond acceptors (Lipinski definition) is 3. The van der Waals surface area contributed by atoms with Crippen LogP contribution < -0.4 is 26.5 Å². The molecule has 0 spiro atoms. The third-order valence-corrected chi connectivity index (χ3v) is 9.98. The number of amides is 1. The highest BCUT2D eigenvalue weighted by atomic mass is 79.9. The molecule has 5 aromatic rings. The molecule has 1 aliphatic heterocycles. The molecule has 0 atom stereocenters. The van der Waals surface area contributed by atoms with Crippen molar-refractivity contribution in [1.29, 1.82) is 0 Å². The second-order valence-corrected chi connectivity index (χ2v) is 13.2. The maximum absolute atomic E-state index is 14.8. The van der Waals surface area contributed by atoms with Gasteiger partial charge in [-0.3, -0.25) is 4.79 Å². The number of rotatable bonds is 12. The minimum Gasteiger partial charge on any atom is -1.00 e. The third kappa shape index (κ3) is 7.61. The summed E-state index contributed by atoms with van der Waals surface area (Å²) in [6.45, 7) is 14.4. The highest BCUT2D eigenvalue weighted by Gasteiger charge is 2.26. The molecule has 1 amide bonds. The Morgan fingerprint density at radius 2 is 1.40 bits per heavy atom. The number of benzene rings is 5. The summed E-state index contributed by atoms with van der Waals surface area (Å²) in [5, 5.41) is 4.63. The van der Waals surface area contributed by atoms with Crippen molar-refractivity contribution in [3.8, 4) is 11.5 Å².